The number of ether oxygens (including phenoxy) is 1. The van der Waals surface area contributed by atoms with E-state index in [0.717, 1.165) is 17.2 Å². The van der Waals surface area contributed by atoms with Gasteiger partial charge in [0.05, 0.1) is 11.1 Å². The SMILES string of the molecule is Cc1ccc(C(F)(F)F)cc1C1CCN(C(=O)[C@H]2C[C@]3(COC(=O)N3)C2)CC1. The van der Waals surface area contributed by atoms with E-state index in [0.29, 0.717) is 45.4 Å². The number of likely N-dealkylation sites (tertiary alicyclic amines) is 1. The number of alkyl halides is 3. The van der Waals surface area contributed by atoms with Crippen molar-refractivity contribution in [2.24, 2.45) is 5.92 Å². The van der Waals surface area contributed by atoms with Crippen LogP contribution in [0.2, 0.25) is 0 Å². The van der Waals surface area contributed by atoms with Crippen LogP contribution in [0.25, 0.3) is 0 Å². The fourth-order valence-corrected chi connectivity index (χ4v) is 4.70. The summed E-state index contributed by atoms with van der Waals surface area (Å²) in [7, 11) is 0. The number of cyclic esters (lactones) is 1. The van der Waals surface area contributed by atoms with Crippen LogP contribution in [0.3, 0.4) is 0 Å². The Kier molecular flexibility index (Phi) is 4.55. The Bertz CT molecular complexity index is 794. The molecule has 28 heavy (non-hydrogen) atoms. The van der Waals surface area contributed by atoms with E-state index in [1.54, 1.807) is 0 Å². The van der Waals surface area contributed by atoms with Gasteiger partial charge in [-0.3, -0.25) is 4.79 Å². The van der Waals surface area contributed by atoms with Crippen LogP contribution < -0.4 is 5.32 Å². The minimum absolute atomic E-state index is 0.0293. The zero-order chi connectivity index (χ0) is 20.1. The Labute approximate surface area is 161 Å². The second-order valence-corrected chi connectivity index (χ2v) is 8.26. The van der Waals surface area contributed by atoms with Gasteiger partial charge >= 0.3 is 12.3 Å². The van der Waals surface area contributed by atoms with Crippen LogP contribution >= 0.6 is 0 Å². The van der Waals surface area contributed by atoms with E-state index in [9.17, 15) is 22.8 Å². The number of halogens is 3. The van der Waals surface area contributed by atoms with Crippen LogP contribution in [-0.2, 0) is 15.7 Å². The minimum atomic E-state index is -4.35. The van der Waals surface area contributed by atoms with Crippen molar-refractivity contribution >= 4 is 12.0 Å². The molecule has 0 aromatic heterocycles. The number of benzene rings is 1. The summed E-state index contributed by atoms with van der Waals surface area (Å²) in [6.07, 6.45) is -2.28. The second kappa shape index (κ2) is 6.67. The molecule has 1 spiro atoms. The lowest BCUT2D eigenvalue weighted by atomic mass is 9.68. The third-order valence-electron chi connectivity index (χ3n) is 6.32. The van der Waals surface area contributed by atoms with Crippen molar-refractivity contribution in [2.75, 3.05) is 19.7 Å². The highest BCUT2D eigenvalue weighted by Crippen LogP contribution is 2.42. The molecule has 0 atom stereocenters. The van der Waals surface area contributed by atoms with Crippen molar-refractivity contribution in [3.63, 3.8) is 0 Å². The number of aryl methyl sites for hydroxylation is 1. The molecule has 1 aliphatic carbocycles. The number of hydrogen-bond donors (Lipinski definition) is 1. The van der Waals surface area contributed by atoms with Crippen molar-refractivity contribution in [1.82, 2.24) is 10.2 Å². The largest absolute Gasteiger partial charge is 0.447 e. The number of piperidine rings is 1. The topological polar surface area (TPSA) is 58.6 Å². The molecule has 8 heteroatoms. The molecule has 5 nitrogen and oxygen atoms in total. The van der Waals surface area contributed by atoms with E-state index in [1.165, 1.54) is 12.1 Å². The zero-order valence-corrected chi connectivity index (χ0v) is 15.6. The number of carbonyl (C=O) groups excluding carboxylic acids is 2. The molecule has 2 saturated heterocycles. The monoisotopic (exact) mass is 396 g/mol. The number of alkyl carbamates (subject to hydrolysis) is 1. The van der Waals surface area contributed by atoms with Crippen molar-refractivity contribution in [2.45, 2.75) is 50.2 Å². The number of rotatable bonds is 2. The maximum atomic E-state index is 13.0. The molecule has 0 bridgehead atoms. The molecular weight excluding hydrogens is 373 g/mol. The van der Waals surface area contributed by atoms with Crippen molar-refractivity contribution in [1.29, 1.82) is 0 Å². The number of carbonyl (C=O) groups is 2. The third kappa shape index (κ3) is 3.44. The molecule has 0 unspecified atom stereocenters. The van der Waals surface area contributed by atoms with Gasteiger partial charge in [0.15, 0.2) is 0 Å². The molecule has 152 valence electrons. The van der Waals surface area contributed by atoms with E-state index in [4.69, 9.17) is 4.74 Å². The van der Waals surface area contributed by atoms with Gasteiger partial charge in [0, 0.05) is 19.0 Å². The first-order chi connectivity index (χ1) is 13.2. The highest BCUT2D eigenvalue weighted by atomic mass is 19.4. The fraction of sp³-hybridized carbons (Fsp3) is 0.600. The lowest BCUT2D eigenvalue weighted by Gasteiger charge is -2.45. The summed E-state index contributed by atoms with van der Waals surface area (Å²) in [5, 5.41) is 2.78. The summed E-state index contributed by atoms with van der Waals surface area (Å²) in [6.45, 7) is 3.24. The Morgan fingerprint density at radius 2 is 1.93 bits per heavy atom. The van der Waals surface area contributed by atoms with E-state index < -0.39 is 17.8 Å². The smallest absolute Gasteiger partial charge is 0.416 e. The van der Waals surface area contributed by atoms with E-state index >= 15 is 0 Å². The predicted octanol–water partition coefficient (Wildman–Crippen LogP) is 3.61. The molecule has 2 aliphatic heterocycles. The van der Waals surface area contributed by atoms with Gasteiger partial charge in [-0.05, 0) is 61.8 Å². The van der Waals surface area contributed by atoms with Gasteiger partial charge in [0.1, 0.15) is 6.61 Å². The molecule has 1 saturated carbocycles. The first-order valence-electron chi connectivity index (χ1n) is 9.58. The lowest BCUT2D eigenvalue weighted by molar-refractivity contribution is -0.142. The molecule has 4 rings (SSSR count). The Morgan fingerprint density at radius 1 is 1.25 bits per heavy atom. The summed E-state index contributed by atoms with van der Waals surface area (Å²) in [5.74, 6) is -0.0126. The molecule has 0 radical (unpaired) electrons. The average molecular weight is 396 g/mol. The van der Waals surface area contributed by atoms with E-state index in [2.05, 4.69) is 5.32 Å². The van der Waals surface area contributed by atoms with Gasteiger partial charge in [-0.15, -0.1) is 0 Å². The van der Waals surface area contributed by atoms with E-state index in [-0.39, 0.29) is 23.3 Å². The van der Waals surface area contributed by atoms with E-state index in [1.807, 2.05) is 11.8 Å². The summed E-state index contributed by atoms with van der Waals surface area (Å²) < 4.78 is 44.0. The zero-order valence-electron chi connectivity index (χ0n) is 15.6. The maximum Gasteiger partial charge on any atom is 0.416 e. The first-order valence-corrected chi connectivity index (χ1v) is 9.58. The van der Waals surface area contributed by atoms with Crippen LogP contribution in [0.5, 0.6) is 0 Å². The van der Waals surface area contributed by atoms with Gasteiger partial charge in [-0.2, -0.15) is 13.2 Å². The van der Waals surface area contributed by atoms with Gasteiger partial charge in [-0.25, -0.2) is 4.79 Å². The van der Waals surface area contributed by atoms with Gasteiger partial charge in [-0.1, -0.05) is 6.07 Å². The molecule has 1 aromatic carbocycles. The Hall–Kier alpha value is -2.25. The number of nitrogens with one attached hydrogen (secondary N) is 1. The summed E-state index contributed by atoms with van der Waals surface area (Å²) >= 11 is 0. The van der Waals surface area contributed by atoms with Crippen LogP contribution in [0.4, 0.5) is 18.0 Å². The summed E-state index contributed by atoms with van der Waals surface area (Å²) in [4.78, 5) is 25.8. The normalized spacial score (nSPS) is 28.1. The predicted molar refractivity (Wildman–Crippen MR) is 94.7 cm³/mol. The molecule has 3 fully saturated rings. The molecule has 1 aromatic rings. The van der Waals surface area contributed by atoms with Gasteiger partial charge in [0.25, 0.3) is 0 Å². The van der Waals surface area contributed by atoms with Crippen LogP contribution in [0.1, 0.15) is 48.3 Å². The Morgan fingerprint density at radius 3 is 2.50 bits per heavy atom. The lowest BCUT2D eigenvalue weighted by Crippen LogP contribution is -2.58. The fourth-order valence-electron chi connectivity index (χ4n) is 4.70. The quantitative estimate of drug-likeness (QED) is 0.831. The number of nitrogens with zero attached hydrogens (tertiary/aromatic N) is 1. The highest BCUT2D eigenvalue weighted by Gasteiger charge is 2.53. The molecule has 1 N–H and O–H groups in total. The molecular formula is C20H23F3N2O3. The number of amides is 2. The average Bonchev–Trinajstić information content (AvgIpc) is 3.02. The molecule has 3 aliphatic rings. The van der Waals surface area contributed by atoms with Crippen molar-refractivity contribution < 1.29 is 27.5 Å². The summed E-state index contributed by atoms with van der Waals surface area (Å²) in [6, 6.07) is 3.91. The second-order valence-electron chi connectivity index (χ2n) is 8.26. The van der Waals surface area contributed by atoms with Crippen LogP contribution in [0, 0.1) is 12.8 Å². The summed E-state index contributed by atoms with van der Waals surface area (Å²) in [5.41, 5.74) is 0.587. The highest BCUT2D eigenvalue weighted by molar-refractivity contribution is 5.81. The standard InChI is InChI=1S/C20H23F3N2O3/c1-12-2-3-15(20(21,22)23)8-16(12)13-4-6-25(7-5-13)17(26)14-9-19(10-14)11-28-18(27)24-19/h2-3,8,13-14H,4-7,9-11H2,1H3,(H,24,27)/t14-,19+. The molecule has 2 amide bonds. The van der Waals surface area contributed by atoms with Crippen LogP contribution in [0.15, 0.2) is 18.2 Å². The molecule has 2 heterocycles. The minimum Gasteiger partial charge on any atom is -0.447 e. The Balaban J connectivity index is 1.35. The van der Waals surface area contributed by atoms with Crippen molar-refractivity contribution in [3.05, 3.63) is 34.9 Å². The van der Waals surface area contributed by atoms with Gasteiger partial charge in [0.2, 0.25) is 5.91 Å². The number of hydrogen-bond acceptors (Lipinski definition) is 3. The van der Waals surface area contributed by atoms with Crippen LogP contribution in [-0.4, -0.2) is 42.1 Å². The van der Waals surface area contributed by atoms with Crippen molar-refractivity contribution in [3.8, 4) is 0 Å². The first kappa shape index (κ1) is 19.1. The third-order valence-corrected chi connectivity index (χ3v) is 6.32. The van der Waals surface area contributed by atoms with Gasteiger partial charge < -0.3 is 15.0 Å². The maximum absolute atomic E-state index is 13.0.